The van der Waals surface area contributed by atoms with E-state index in [9.17, 15) is 0 Å². The van der Waals surface area contributed by atoms with Gasteiger partial charge in [-0.2, -0.15) is 0 Å². The van der Waals surface area contributed by atoms with Gasteiger partial charge in [0.15, 0.2) is 0 Å². The highest BCUT2D eigenvalue weighted by molar-refractivity contribution is 5.92. The lowest BCUT2D eigenvalue weighted by Gasteiger charge is -2.23. The minimum atomic E-state index is 0. The van der Waals surface area contributed by atoms with Gasteiger partial charge in [-0.25, -0.2) is 0 Å². The predicted octanol–water partition coefficient (Wildman–Crippen LogP) is 3.09. The molecule has 1 aliphatic carbocycles. The Morgan fingerprint density at radius 1 is 1.17 bits per heavy atom. The van der Waals surface area contributed by atoms with E-state index in [0.29, 0.717) is 6.04 Å². The Bertz CT molecular complexity index is 568. The van der Waals surface area contributed by atoms with Crippen LogP contribution in [0.5, 0.6) is 5.75 Å². The van der Waals surface area contributed by atoms with Crippen molar-refractivity contribution in [3.63, 3.8) is 0 Å². The maximum Gasteiger partial charge on any atom is 0.126 e. The summed E-state index contributed by atoms with van der Waals surface area (Å²) in [6.45, 7) is 0. The molecule has 0 saturated carbocycles. The van der Waals surface area contributed by atoms with E-state index < -0.39 is 0 Å². The average Bonchev–Trinajstić information content (AvgIpc) is 2.37. The van der Waals surface area contributed by atoms with Gasteiger partial charge in [0.05, 0.1) is 7.11 Å². The summed E-state index contributed by atoms with van der Waals surface area (Å²) in [4.78, 5) is 0. The summed E-state index contributed by atoms with van der Waals surface area (Å²) in [6.07, 6.45) is 3.19. The van der Waals surface area contributed by atoms with Gasteiger partial charge in [0.25, 0.3) is 0 Å². The van der Waals surface area contributed by atoms with Crippen molar-refractivity contribution in [1.29, 1.82) is 0 Å². The van der Waals surface area contributed by atoms with Crippen LogP contribution >= 0.6 is 12.4 Å². The zero-order valence-corrected chi connectivity index (χ0v) is 11.3. The Morgan fingerprint density at radius 3 is 2.78 bits per heavy atom. The lowest BCUT2D eigenvalue weighted by Crippen LogP contribution is -2.27. The number of methoxy groups -OCH3 is 1. The van der Waals surface area contributed by atoms with Crippen molar-refractivity contribution in [2.75, 3.05) is 7.11 Å². The quantitative estimate of drug-likeness (QED) is 0.858. The summed E-state index contributed by atoms with van der Waals surface area (Å²) in [5.41, 5.74) is 8.95. The van der Waals surface area contributed by atoms with Crippen LogP contribution < -0.4 is 10.5 Å². The van der Waals surface area contributed by atoms with E-state index in [1.807, 2.05) is 6.07 Å². The van der Waals surface area contributed by atoms with Crippen LogP contribution in [0.4, 0.5) is 0 Å². The number of halogens is 1. The summed E-state index contributed by atoms with van der Waals surface area (Å²) in [6, 6.07) is 10.9. The van der Waals surface area contributed by atoms with Gasteiger partial charge in [-0.05, 0) is 41.8 Å². The molecular weight excluding hydrogens is 246 g/mol. The number of hydrogen-bond donors (Lipinski definition) is 1. The highest BCUT2D eigenvalue weighted by Gasteiger charge is 2.18. The third-order valence-corrected chi connectivity index (χ3v) is 3.70. The molecule has 0 heterocycles. The highest BCUT2D eigenvalue weighted by Crippen LogP contribution is 2.33. The van der Waals surface area contributed by atoms with Gasteiger partial charge in [0.1, 0.15) is 5.75 Å². The van der Waals surface area contributed by atoms with Crippen molar-refractivity contribution >= 4 is 23.2 Å². The number of fused-ring (bicyclic) bond motifs is 3. The van der Waals surface area contributed by atoms with Crippen molar-refractivity contribution < 1.29 is 4.74 Å². The van der Waals surface area contributed by atoms with Gasteiger partial charge < -0.3 is 10.5 Å². The number of nitrogens with two attached hydrogens (primary N) is 1. The van der Waals surface area contributed by atoms with E-state index in [0.717, 1.165) is 25.0 Å². The Balaban J connectivity index is 0.00000120. The number of rotatable bonds is 1. The molecular formula is C15H18ClNO. The average molecular weight is 264 g/mol. The zero-order valence-electron chi connectivity index (χ0n) is 10.5. The predicted molar refractivity (Wildman–Crippen MR) is 77.7 cm³/mol. The van der Waals surface area contributed by atoms with Crippen LogP contribution in [0.25, 0.3) is 10.8 Å². The molecule has 2 aromatic carbocycles. The minimum absolute atomic E-state index is 0. The van der Waals surface area contributed by atoms with E-state index in [2.05, 4.69) is 24.3 Å². The van der Waals surface area contributed by atoms with Crippen LogP contribution in [0.15, 0.2) is 30.3 Å². The van der Waals surface area contributed by atoms with Crippen molar-refractivity contribution in [1.82, 2.24) is 0 Å². The van der Waals surface area contributed by atoms with E-state index in [4.69, 9.17) is 10.5 Å². The molecule has 0 aliphatic heterocycles. The molecule has 2 nitrogen and oxygen atoms in total. The van der Waals surface area contributed by atoms with Gasteiger partial charge in [-0.3, -0.25) is 0 Å². The second-order valence-electron chi connectivity index (χ2n) is 4.76. The van der Waals surface area contributed by atoms with Gasteiger partial charge in [-0.1, -0.05) is 24.3 Å². The fourth-order valence-corrected chi connectivity index (χ4v) is 2.79. The molecule has 3 rings (SSSR count). The topological polar surface area (TPSA) is 35.2 Å². The third-order valence-electron chi connectivity index (χ3n) is 3.70. The smallest absolute Gasteiger partial charge is 0.126 e. The fourth-order valence-electron chi connectivity index (χ4n) is 2.79. The largest absolute Gasteiger partial charge is 0.496 e. The van der Waals surface area contributed by atoms with Crippen LogP contribution in [0.3, 0.4) is 0 Å². The Labute approximate surface area is 114 Å². The molecule has 0 bridgehead atoms. The van der Waals surface area contributed by atoms with Crippen molar-refractivity contribution in [3.05, 3.63) is 41.5 Å². The molecule has 0 aromatic heterocycles. The molecule has 0 fully saturated rings. The molecule has 1 unspecified atom stereocenters. The summed E-state index contributed by atoms with van der Waals surface area (Å²) < 4.78 is 5.41. The Morgan fingerprint density at radius 2 is 2.00 bits per heavy atom. The first-order valence-corrected chi connectivity index (χ1v) is 6.12. The minimum Gasteiger partial charge on any atom is -0.496 e. The summed E-state index contributed by atoms with van der Waals surface area (Å²) in [5, 5.41) is 2.50. The molecule has 1 atom stereocenters. The standard InChI is InChI=1S/C15H17NO.ClH/c1-17-15-4-2-3-12-13(15)8-6-10-5-7-11(16)9-14(10)12;/h2-4,6,8,11H,5,7,9,16H2,1H3;1H. The molecule has 1 aliphatic rings. The van der Waals surface area contributed by atoms with Gasteiger partial charge in [-0.15, -0.1) is 12.4 Å². The normalized spacial score (nSPS) is 18.0. The lowest BCUT2D eigenvalue weighted by atomic mass is 9.85. The van der Waals surface area contributed by atoms with E-state index >= 15 is 0 Å². The molecule has 18 heavy (non-hydrogen) atoms. The fraction of sp³-hybridized carbons (Fsp3) is 0.333. The third kappa shape index (κ3) is 2.06. The Hall–Kier alpha value is -1.25. The number of hydrogen-bond acceptors (Lipinski definition) is 2. The highest BCUT2D eigenvalue weighted by atomic mass is 35.5. The van der Waals surface area contributed by atoms with Gasteiger partial charge in [0, 0.05) is 11.4 Å². The van der Waals surface area contributed by atoms with Crippen molar-refractivity contribution in [2.45, 2.75) is 25.3 Å². The Kier molecular flexibility index (Phi) is 3.79. The monoisotopic (exact) mass is 263 g/mol. The van der Waals surface area contributed by atoms with Crippen LogP contribution in [0.2, 0.25) is 0 Å². The lowest BCUT2D eigenvalue weighted by molar-refractivity contribution is 0.420. The molecule has 96 valence electrons. The molecule has 0 saturated heterocycles. The van der Waals surface area contributed by atoms with E-state index in [1.54, 1.807) is 7.11 Å². The number of ether oxygens (including phenoxy) is 1. The summed E-state index contributed by atoms with van der Waals surface area (Å²) in [7, 11) is 1.72. The molecule has 3 heteroatoms. The van der Waals surface area contributed by atoms with Crippen LogP contribution in [-0.4, -0.2) is 13.2 Å². The van der Waals surface area contributed by atoms with Crippen LogP contribution in [0, 0.1) is 0 Å². The first-order chi connectivity index (χ1) is 8.29. The summed E-state index contributed by atoms with van der Waals surface area (Å²) >= 11 is 0. The maximum atomic E-state index is 6.08. The molecule has 0 radical (unpaired) electrons. The van der Waals surface area contributed by atoms with Crippen molar-refractivity contribution in [2.24, 2.45) is 5.73 Å². The second-order valence-corrected chi connectivity index (χ2v) is 4.76. The van der Waals surface area contributed by atoms with Gasteiger partial charge >= 0.3 is 0 Å². The summed E-state index contributed by atoms with van der Waals surface area (Å²) in [5.74, 6) is 0.949. The van der Waals surface area contributed by atoms with Gasteiger partial charge in [0.2, 0.25) is 0 Å². The SMILES string of the molecule is COc1cccc2c3c(ccc12)CCC(N)C3.Cl. The van der Waals surface area contributed by atoms with E-state index in [1.165, 1.54) is 21.9 Å². The molecule has 0 amide bonds. The van der Waals surface area contributed by atoms with Crippen LogP contribution in [0.1, 0.15) is 17.5 Å². The maximum absolute atomic E-state index is 6.08. The number of benzene rings is 2. The molecule has 2 aromatic rings. The first-order valence-electron chi connectivity index (χ1n) is 6.12. The molecule has 0 spiro atoms. The van der Waals surface area contributed by atoms with Crippen molar-refractivity contribution in [3.8, 4) is 5.75 Å². The first kappa shape index (κ1) is 13.2. The second kappa shape index (κ2) is 5.17. The zero-order chi connectivity index (χ0) is 11.8. The van der Waals surface area contributed by atoms with Crippen LogP contribution in [-0.2, 0) is 12.8 Å². The van der Waals surface area contributed by atoms with E-state index in [-0.39, 0.29) is 12.4 Å². The molecule has 2 N–H and O–H groups in total. The number of aryl methyl sites for hydroxylation is 1.